The molecule has 2 saturated carbocycles. The Morgan fingerprint density at radius 2 is 2.00 bits per heavy atom. The van der Waals surface area contributed by atoms with Crippen molar-refractivity contribution < 1.29 is 5.11 Å². The number of allylic oxidation sites excluding steroid dienone is 3. The summed E-state index contributed by atoms with van der Waals surface area (Å²) in [5.74, 6) is 2.75. The second-order valence-corrected chi connectivity index (χ2v) is 8.97. The van der Waals surface area contributed by atoms with Gasteiger partial charge < -0.3 is 10.8 Å². The number of hydrogen-bond acceptors (Lipinski definition) is 2. The maximum atomic E-state index is 10.8. The minimum atomic E-state index is -0.0708. The molecule has 0 amide bonds. The first-order valence-corrected chi connectivity index (χ1v) is 9.09. The van der Waals surface area contributed by atoms with Gasteiger partial charge in [-0.05, 0) is 80.3 Å². The lowest BCUT2D eigenvalue weighted by molar-refractivity contribution is -0.0775. The van der Waals surface area contributed by atoms with E-state index in [-0.39, 0.29) is 11.0 Å². The van der Waals surface area contributed by atoms with E-state index < -0.39 is 0 Å². The van der Waals surface area contributed by atoms with Gasteiger partial charge in [-0.1, -0.05) is 32.8 Å². The van der Waals surface area contributed by atoms with Crippen LogP contribution in [0.4, 0.5) is 0 Å². The van der Waals surface area contributed by atoms with Crippen LogP contribution in [0.5, 0.6) is 0 Å². The van der Waals surface area contributed by atoms with Crippen molar-refractivity contribution in [2.75, 3.05) is 0 Å². The third kappa shape index (κ3) is 2.18. The zero-order valence-corrected chi connectivity index (χ0v) is 14.9. The largest absolute Gasteiger partial charge is 0.508 e. The molecule has 0 spiro atoms. The first kappa shape index (κ1) is 16.1. The molecule has 2 fully saturated rings. The lowest BCUT2D eigenvalue weighted by atomic mass is 9.44. The van der Waals surface area contributed by atoms with Crippen LogP contribution in [-0.4, -0.2) is 10.6 Å². The topological polar surface area (TPSA) is 46.2 Å². The summed E-state index contributed by atoms with van der Waals surface area (Å²) in [6, 6.07) is 0. The first-order chi connectivity index (χ1) is 10.2. The molecule has 3 aliphatic carbocycles. The number of aliphatic hydroxyl groups excluding tert-OH is 1. The number of rotatable bonds is 3. The van der Waals surface area contributed by atoms with Gasteiger partial charge in [-0.2, -0.15) is 0 Å². The summed E-state index contributed by atoms with van der Waals surface area (Å²) >= 11 is 0. The van der Waals surface area contributed by atoms with Gasteiger partial charge in [0.25, 0.3) is 0 Å². The third-order valence-electron chi connectivity index (χ3n) is 6.97. The van der Waals surface area contributed by atoms with Crippen LogP contribution in [0.2, 0.25) is 0 Å². The Balaban J connectivity index is 1.93. The molecule has 0 aromatic rings. The molecule has 0 saturated heterocycles. The van der Waals surface area contributed by atoms with E-state index in [9.17, 15) is 5.11 Å². The molecule has 124 valence electrons. The zero-order valence-electron chi connectivity index (χ0n) is 14.9. The highest BCUT2D eigenvalue weighted by atomic mass is 16.3. The van der Waals surface area contributed by atoms with Crippen molar-refractivity contribution in [2.24, 2.45) is 34.8 Å². The highest BCUT2D eigenvalue weighted by Crippen LogP contribution is 2.68. The summed E-state index contributed by atoms with van der Waals surface area (Å²) in [7, 11) is 0. The molecule has 3 N–H and O–H groups in total. The highest BCUT2D eigenvalue weighted by molar-refractivity contribution is 5.41. The van der Waals surface area contributed by atoms with Gasteiger partial charge in [0.05, 0.1) is 0 Å². The predicted molar refractivity (Wildman–Crippen MR) is 92.5 cm³/mol. The molecule has 3 unspecified atom stereocenters. The molecule has 0 aromatic heterocycles. The van der Waals surface area contributed by atoms with Crippen LogP contribution in [0.3, 0.4) is 0 Å². The van der Waals surface area contributed by atoms with Crippen molar-refractivity contribution in [3.63, 3.8) is 0 Å². The molecule has 5 atom stereocenters. The van der Waals surface area contributed by atoms with E-state index in [1.54, 1.807) is 0 Å². The van der Waals surface area contributed by atoms with Crippen LogP contribution in [0.25, 0.3) is 0 Å². The Bertz CT molecular complexity index is 526. The number of aliphatic hydroxyl groups is 1. The van der Waals surface area contributed by atoms with Gasteiger partial charge in [-0.15, -0.1) is 0 Å². The van der Waals surface area contributed by atoms with Crippen molar-refractivity contribution >= 4 is 0 Å². The van der Waals surface area contributed by atoms with Crippen molar-refractivity contribution in [1.82, 2.24) is 0 Å². The summed E-state index contributed by atoms with van der Waals surface area (Å²) in [4.78, 5) is 0. The van der Waals surface area contributed by atoms with E-state index in [2.05, 4.69) is 40.7 Å². The molecule has 0 radical (unpaired) electrons. The lowest BCUT2D eigenvalue weighted by Gasteiger charge is -2.60. The summed E-state index contributed by atoms with van der Waals surface area (Å²) in [6.45, 7) is 11.4. The van der Waals surface area contributed by atoms with Gasteiger partial charge in [0.2, 0.25) is 0 Å². The van der Waals surface area contributed by atoms with Crippen molar-refractivity contribution in [3.05, 3.63) is 23.0 Å². The van der Waals surface area contributed by atoms with Gasteiger partial charge in [0.1, 0.15) is 5.76 Å². The lowest BCUT2D eigenvalue weighted by Crippen LogP contribution is -2.61. The standard InChI is InChI=1S/C20H33NO/c1-6-7-13-10-12(2)16(15(22)11-13)18-17-14(19(18,3)4)8-9-20(17,5)21/h11,13-14,17-18,22H,6-10,21H2,1-5H3/t13?,14-,17?,18?,20+/m1/s1. The smallest absolute Gasteiger partial charge is 0.115 e. The molecule has 0 aromatic carbocycles. The van der Waals surface area contributed by atoms with E-state index >= 15 is 0 Å². The predicted octanol–water partition coefficient (Wildman–Crippen LogP) is 4.96. The average Bonchev–Trinajstić information content (AvgIpc) is 2.68. The quantitative estimate of drug-likeness (QED) is 0.773. The maximum absolute atomic E-state index is 10.8. The van der Waals surface area contributed by atoms with Gasteiger partial charge in [-0.3, -0.25) is 0 Å². The second-order valence-electron chi connectivity index (χ2n) is 8.97. The molecule has 0 aliphatic heterocycles. The first-order valence-electron chi connectivity index (χ1n) is 9.09. The molecular formula is C20H33NO. The van der Waals surface area contributed by atoms with E-state index in [4.69, 9.17) is 5.73 Å². The minimum Gasteiger partial charge on any atom is -0.508 e. The number of nitrogens with two attached hydrogens (primary N) is 1. The minimum absolute atomic E-state index is 0.0708. The summed E-state index contributed by atoms with van der Waals surface area (Å²) in [6.07, 6.45) is 7.95. The fourth-order valence-electron chi connectivity index (χ4n) is 5.92. The fourth-order valence-corrected chi connectivity index (χ4v) is 5.92. The zero-order chi connectivity index (χ0) is 16.3. The molecule has 3 aliphatic rings. The van der Waals surface area contributed by atoms with Crippen LogP contribution < -0.4 is 5.73 Å². The monoisotopic (exact) mass is 303 g/mol. The molecule has 2 heteroatoms. The van der Waals surface area contributed by atoms with Crippen molar-refractivity contribution in [3.8, 4) is 0 Å². The van der Waals surface area contributed by atoms with Crippen LogP contribution in [0, 0.1) is 29.1 Å². The van der Waals surface area contributed by atoms with Gasteiger partial charge >= 0.3 is 0 Å². The second kappa shape index (κ2) is 5.12. The van der Waals surface area contributed by atoms with E-state index in [0.29, 0.717) is 29.4 Å². The molecule has 0 bridgehead atoms. The van der Waals surface area contributed by atoms with Gasteiger partial charge in [-0.25, -0.2) is 0 Å². The van der Waals surface area contributed by atoms with Crippen molar-refractivity contribution in [2.45, 2.75) is 72.3 Å². The SMILES string of the molecule is CCCC1C=C(O)C(C2C3[C@@H](CC[C@]3(C)N)C2(C)C)=C(C)C1. The van der Waals surface area contributed by atoms with Crippen LogP contribution in [-0.2, 0) is 0 Å². The summed E-state index contributed by atoms with van der Waals surface area (Å²) in [5.41, 5.74) is 9.45. The molecule has 2 nitrogen and oxygen atoms in total. The molecular weight excluding hydrogens is 270 g/mol. The summed E-state index contributed by atoms with van der Waals surface area (Å²) < 4.78 is 0. The van der Waals surface area contributed by atoms with E-state index in [0.717, 1.165) is 12.8 Å². The average molecular weight is 303 g/mol. The van der Waals surface area contributed by atoms with E-state index in [1.807, 2.05) is 0 Å². The number of fused-ring (bicyclic) bond motifs is 1. The van der Waals surface area contributed by atoms with Gasteiger partial charge in [0, 0.05) is 5.54 Å². The third-order valence-corrected chi connectivity index (χ3v) is 6.97. The van der Waals surface area contributed by atoms with Crippen LogP contribution in [0.1, 0.15) is 66.7 Å². The Morgan fingerprint density at radius 1 is 1.32 bits per heavy atom. The van der Waals surface area contributed by atoms with Gasteiger partial charge in [0.15, 0.2) is 0 Å². The Hall–Kier alpha value is -0.760. The molecule has 0 heterocycles. The maximum Gasteiger partial charge on any atom is 0.115 e. The molecule has 22 heavy (non-hydrogen) atoms. The van der Waals surface area contributed by atoms with Crippen LogP contribution >= 0.6 is 0 Å². The van der Waals surface area contributed by atoms with E-state index in [1.165, 1.54) is 30.4 Å². The van der Waals surface area contributed by atoms with Crippen molar-refractivity contribution in [1.29, 1.82) is 0 Å². The normalized spacial score (nSPS) is 43.6. The highest BCUT2D eigenvalue weighted by Gasteiger charge is 2.65. The Kier molecular flexibility index (Phi) is 3.75. The fraction of sp³-hybridized carbons (Fsp3) is 0.800. The van der Waals surface area contributed by atoms with Crippen LogP contribution in [0.15, 0.2) is 23.0 Å². The Labute approximate surface area is 135 Å². The molecule has 3 rings (SSSR count). The Morgan fingerprint density at radius 3 is 2.59 bits per heavy atom. The number of hydrogen-bond donors (Lipinski definition) is 2. The summed E-state index contributed by atoms with van der Waals surface area (Å²) in [5, 5.41) is 10.8.